The van der Waals surface area contributed by atoms with Crippen LogP contribution in [-0.2, 0) is 33.3 Å². The van der Waals surface area contributed by atoms with Crippen molar-refractivity contribution in [3.8, 4) is 0 Å². The van der Waals surface area contributed by atoms with Crippen LogP contribution < -0.4 is 0 Å². The molecule has 0 aliphatic heterocycles. The molecule has 4 N–H and O–H groups in total. The van der Waals surface area contributed by atoms with Crippen molar-refractivity contribution in [1.29, 1.82) is 0 Å². The van der Waals surface area contributed by atoms with Gasteiger partial charge in [-0.05, 0) is 128 Å². The van der Waals surface area contributed by atoms with Gasteiger partial charge in [0.2, 0.25) is 0 Å². The van der Waals surface area contributed by atoms with Crippen LogP contribution in [0.3, 0.4) is 0 Å². The Morgan fingerprint density at radius 2 is 1.24 bits per heavy atom. The summed E-state index contributed by atoms with van der Waals surface area (Å²) < 4.78 is 29.4. The highest BCUT2D eigenvalue weighted by Gasteiger charge is 2.65. The number of aliphatic hydroxyl groups excluding tert-OH is 4. The molecule has 7 fully saturated rings. The van der Waals surface area contributed by atoms with E-state index in [1.54, 1.807) is 0 Å². The third-order valence-corrected chi connectivity index (χ3v) is 17.7. The molecule has 0 saturated heterocycles. The zero-order valence-corrected chi connectivity index (χ0v) is 39.3. The van der Waals surface area contributed by atoms with Gasteiger partial charge in [0, 0.05) is 36.0 Å². The molecule has 7 saturated carbocycles. The molecule has 11 nitrogen and oxygen atoms in total. The Morgan fingerprint density at radius 1 is 0.629 bits per heavy atom. The molecule has 7 rings (SSSR count). The second-order valence-corrected chi connectivity index (χ2v) is 22.7. The normalized spacial score (nSPS) is 45.0. The van der Waals surface area contributed by atoms with Crippen LogP contribution in [0, 0.1) is 40.9 Å². The van der Waals surface area contributed by atoms with Crippen LogP contribution in [0.1, 0.15) is 196 Å². The molecular formula is C51H84O11. The maximum Gasteiger partial charge on any atom is 0.185 e. The van der Waals surface area contributed by atoms with Gasteiger partial charge in [0.15, 0.2) is 17.4 Å². The molecule has 7 aliphatic rings. The van der Waals surface area contributed by atoms with Crippen molar-refractivity contribution in [2.45, 2.75) is 255 Å². The van der Waals surface area contributed by atoms with Gasteiger partial charge >= 0.3 is 0 Å². The van der Waals surface area contributed by atoms with Crippen LogP contribution in [-0.4, -0.2) is 104 Å². The van der Waals surface area contributed by atoms with E-state index in [-0.39, 0.29) is 47.6 Å². The fourth-order valence-corrected chi connectivity index (χ4v) is 13.6. The van der Waals surface area contributed by atoms with Crippen molar-refractivity contribution in [2.75, 3.05) is 6.61 Å². The highest BCUT2D eigenvalue weighted by molar-refractivity contribution is 5.90. The van der Waals surface area contributed by atoms with Gasteiger partial charge in [0.05, 0.1) is 49.1 Å². The van der Waals surface area contributed by atoms with Crippen LogP contribution in [0.15, 0.2) is 0 Å². The molecule has 0 aromatic rings. The molecule has 0 spiro atoms. The standard InChI is InChI=1S/C51H84O11/c1-32-17-13-19-34(42(32)55)31-59-50(30-15-18-33(2)44(50)57)46(35-20-7-8-23-38(35)52)60-39-24-14-21-36(43(39)56)51(37-22-16-27-47(3,4)45(37)58,61-48(5)28-11-9-25-40(48)53)62-49(6)29-12-10-26-41(49)54/h32-39,42-44,46,52,55-57H,7-31H2,1-6H3. The van der Waals surface area contributed by atoms with Crippen LogP contribution in [0.25, 0.3) is 0 Å². The first-order chi connectivity index (χ1) is 29.4. The Kier molecular flexibility index (Phi) is 15.3. The first-order valence-corrected chi connectivity index (χ1v) is 25.4. The summed E-state index contributed by atoms with van der Waals surface area (Å²) in [4.78, 5) is 43.2. The van der Waals surface area contributed by atoms with Crippen molar-refractivity contribution in [2.24, 2.45) is 40.9 Å². The van der Waals surface area contributed by atoms with Crippen LogP contribution in [0.4, 0.5) is 0 Å². The maximum atomic E-state index is 15.0. The monoisotopic (exact) mass is 873 g/mol. The second-order valence-electron chi connectivity index (χ2n) is 22.7. The lowest BCUT2D eigenvalue weighted by Crippen LogP contribution is -2.69. The van der Waals surface area contributed by atoms with E-state index in [1.807, 2.05) is 34.6 Å². The number of hydrogen-bond donors (Lipinski definition) is 4. The lowest BCUT2D eigenvalue weighted by atomic mass is 9.63. The van der Waals surface area contributed by atoms with Crippen molar-refractivity contribution in [3.05, 3.63) is 0 Å². The molecule has 15 unspecified atom stereocenters. The Labute approximate surface area is 372 Å². The molecule has 11 heteroatoms. The average Bonchev–Trinajstić information content (AvgIpc) is 3.23. The molecule has 0 aromatic carbocycles. The van der Waals surface area contributed by atoms with Crippen LogP contribution >= 0.6 is 0 Å². The van der Waals surface area contributed by atoms with Crippen molar-refractivity contribution >= 4 is 17.3 Å². The van der Waals surface area contributed by atoms with E-state index in [9.17, 15) is 30.0 Å². The molecule has 7 aliphatic carbocycles. The summed E-state index contributed by atoms with van der Waals surface area (Å²) in [5, 5.41) is 48.9. The lowest BCUT2D eigenvalue weighted by Gasteiger charge is -2.58. The van der Waals surface area contributed by atoms with Gasteiger partial charge < -0.3 is 39.4 Å². The SMILES string of the molecule is CC1CCCC(COC2(C(OC3CCCC(C(OC4(C)CCCCC4=O)(OC4(C)CCCCC4=O)C4CCCC(C)(C)C4=O)C3O)C3CCCCC3O)CCCC(C)C2O)C1O. The molecule has 0 radical (unpaired) electrons. The summed E-state index contributed by atoms with van der Waals surface area (Å²) in [6, 6.07) is 0. The Hall–Kier alpha value is -1.31. The molecule has 0 bridgehead atoms. The van der Waals surface area contributed by atoms with Crippen LogP contribution in [0.2, 0.25) is 0 Å². The highest BCUT2D eigenvalue weighted by atomic mass is 16.7. The lowest BCUT2D eigenvalue weighted by molar-refractivity contribution is -0.372. The van der Waals surface area contributed by atoms with Crippen LogP contribution in [0.5, 0.6) is 0 Å². The number of hydrogen-bond acceptors (Lipinski definition) is 11. The molecule has 0 amide bonds. The maximum absolute atomic E-state index is 15.0. The average molecular weight is 873 g/mol. The predicted molar refractivity (Wildman–Crippen MR) is 235 cm³/mol. The number of Topliss-reactive ketones (excluding diaryl/α,β-unsaturated/α-hetero) is 3. The number of carbonyl (C=O) groups excluding carboxylic acids is 3. The predicted octanol–water partition coefficient (Wildman–Crippen LogP) is 8.11. The fraction of sp³-hybridized carbons (Fsp3) is 0.941. The van der Waals surface area contributed by atoms with E-state index in [0.29, 0.717) is 77.0 Å². The van der Waals surface area contributed by atoms with E-state index < -0.39 is 76.5 Å². The van der Waals surface area contributed by atoms with Gasteiger partial charge in [-0.25, -0.2) is 0 Å². The number of aliphatic hydroxyl groups is 4. The van der Waals surface area contributed by atoms with Crippen molar-refractivity contribution in [1.82, 2.24) is 0 Å². The first-order valence-electron chi connectivity index (χ1n) is 25.4. The van der Waals surface area contributed by atoms with Gasteiger partial charge in [-0.3, -0.25) is 14.4 Å². The molecule has 354 valence electrons. The van der Waals surface area contributed by atoms with Crippen molar-refractivity contribution in [3.63, 3.8) is 0 Å². The highest BCUT2D eigenvalue weighted by Crippen LogP contribution is 2.55. The van der Waals surface area contributed by atoms with Gasteiger partial charge in [-0.2, -0.15) is 0 Å². The summed E-state index contributed by atoms with van der Waals surface area (Å²) in [7, 11) is 0. The number of ether oxygens (including phenoxy) is 4. The smallest absolute Gasteiger partial charge is 0.185 e. The van der Waals surface area contributed by atoms with Gasteiger partial charge in [0.25, 0.3) is 0 Å². The first kappa shape index (κ1) is 48.6. The van der Waals surface area contributed by atoms with Crippen molar-refractivity contribution < 1.29 is 53.8 Å². The number of rotatable bonds is 13. The zero-order chi connectivity index (χ0) is 44.7. The van der Waals surface area contributed by atoms with Gasteiger partial charge in [0.1, 0.15) is 22.6 Å². The minimum atomic E-state index is -1.82. The number of ketones is 3. The minimum absolute atomic E-state index is 0.0354. The summed E-state index contributed by atoms with van der Waals surface area (Å²) >= 11 is 0. The molecule has 0 aromatic heterocycles. The van der Waals surface area contributed by atoms with E-state index >= 15 is 4.79 Å². The third-order valence-electron chi connectivity index (χ3n) is 17.7. The molecule has 62 heavy (non-hydrogen) atoms. The minimum Gasteiger partial charge on any atom is -0.393 e. The quantitative estimate of drug-likeness (QED) is 0.132. The van der Waals surface area contributed by atoms with E-state index in [1.165, 1.54) is 0 Å². The van der Waals surface area contributed by atoms with E-state index in [2.05, 4.69) is 6.92 Å². The van der Waals surface area contributed by atoms with Gasteiger partial charge in [-0.15, -0.1) is 0 Å². The third kappa shape index (κ3) is 9.46. The summed E-state index contributed by atoms with van der Waals surface area (Å²) in [5.74, 6) is -4.08. The summed E-state index contributed by atoms with van der Waals surface area (Å²) in [5.41, 5.74) is -4.50. The van der Waals surface area contributed by atoms with E-state index in [4.69, 9.17) is 18.9 Å². The fourth-order valence-electron chi connectivity index (χ4n) is 13.6. The topological polar surface area (TPSA) is 169 Å². The Morgan fingerprint density at radius 3 is 1.89 bits per heavy atom. The summed E-state index contributed by atoms with van der Waals surface area (Å²) in [6.45, 7) is 11.9. The zero-order valence-electron chi connectivity index (χ0n) is 39.3. The van der Waals surface area contributed by atoms with Gasteiger partial charge in [-0.1, -0.05) is 66.2 Å². The molecular weight excluding hydrogens is 789 g/mol. The summed E-state index contributed by atoms with van der Waals surface area (Å²) in [6.07, 6.45) is 11.0. The van der Waals surface area contributed by atoms with E-state index in [0.717, 1.165) is 77.0 Å². The second kappa shape index (κ2) is 19.5. The Balaban J connectivity index is 1.32. The molecule has 0 heterocycles. The molecule has 15 atom stereocenters. The number of carbonyl (C=O) groups is 3. The largest absolute Gasteiger partial charge is 0.393 e. The Bertz CT molecular complexity index is 1530.